The van der Waals surface area contributed by atoms with Crippen molar-refractivity contribution in [2.24, 2.45) is 0 Å². The van der Waals surface area contributed by atoms with Crippen LogP contribution < -0.4 is 5.32 Å². The molecule has 0 aliphatic carbocycles. The van der Waals surface area contributed by atoms with Crippen molar-refractivity contribution in [1.82, 2.24) is 5.32 Å². The van der Waals surface area contributed by atoms with Crippen molar-refractivity contribution < 1.29 is 0 Å². The summed E-state index contributed by atoms with van der Waals surface area (Å²) in [4.78, 5) is 0. The van der Waals surface area contributed by atoms with Crippen LogP contribution in [0.2, 0.25) is 0 Å². The highest BCUT2D eigenvalue weighted by Crippen LogP contribution is 2.26. The van der Waals surface area contributed by atoms with E-state index in [1.54, 1.807) is 0 Å². The molecule has 0 fully saturated rings. The summed E-state index contributed by atoms with van der Waals surface area (Å²) >= 11 is 3.61. The molecular weight excluding hydrogens is 322 g/mol. The Labute approximate surface area is 136 Å². The highest BCUT2D eigenvalue weighted by molar-refractivity contribution is 9.10. The van der Waals surface area contributed by atoms with Gasteiger partial charge in [-0.25, -0.2) is 0 Å². The lowest BCUT2D eigenvalue weighted by atomic mass is 9.96. The topological polar surface area (TPSA) is 12.0 Å². The molecule has 0 saturated heterocycles. The van der Waals surface area contributed by atoms with Gasteiger partial charge in [-0.15, -0.1) is 0 Å². The van der Waals surface area contributed by atoms with Gasteiger partial charge in [0.2, 0.25) is 0 Å². The molecule has 2 aromatic carbocycles. The average molecular weight is 346 g/mol. The number of hydrogen-bond donors (Lipinski definition) is 1. The van der Waals surface area contributed by atoms with Crippen molar-refractivity contribution in [3.63, 3.8) is 0 Å². The monoisotopic (exact) mass is 345 g/mol. The summed E-state index contributed by atoms with van der Waals surface area (Å²) in [6, 6.07) is 15.9. The van der Waals surface area contributed by atoms with Gasteiger partial charge in [0.25, 0.3) is 0 Å². The maximum atomic E-state index is 3.61. The quantitative estimate of drug-likeness (QED) is 0.737. The SMILES string of the molecule is CCCc1ccc(C(NCC)c2cc(C)cc(Br)c2)cc1. The molecule has 0 spiro atoms. The first-order valence-corrected chi connectivity index (χ1v) is 8.52. The van der Waals surface area contributed by atoms with Crippen molar-refractivity contribution in [1.29, 1.82) is 0 Å². The normalized spacial score (nSPS) is 12.4. The third-order valence-electron chi connectivity index (χ3n) is 3.66. The fraction of sp³-hybridized carbons (Fsp3) is 0.368. The molecule has 2 rings (SSSR count). The molecule has 1 atom stereocenters. The van der Waals surface area contributed by atoms with Gasteiger partial charge in [0.05, 0.1) is 6.04 Å². The van der Waals surface area contributed by atoms with Crippen LogP contribution in [0, 0.1) is 6.92 Å². The van der Waals surface area contributed by atoms with E-state index >= 15 is 0 Å². The van der Waals surface area contributed by atoms with Crippen LogP contribution in [0.3, 0.4) is 0 Å². The fourth-order valence-electron chi connectivity index (χ4n) is 2.73. The van der Waals surface area contributed by atoms with Crippen LogP contribution in [0.15, 0.2) is 46.9 Å². The second-order valence-corrected chi connectivity index (χ2v) is 6.46. The van der Waals surface area contributed by atoms with Crippen molar-refractivity contribution in [3.05, 3.63) is 69.2 Å². The van der Waals surface area contributed by atoms with Gasteiger partial charge in [0.15, 0.2) is 0 Å². The van der Waals surface area contributed by atoms with E-state index in [9.17, 15) is 0 Å². The summed E-state index contributed by atoms with van der Waals surface area (Å²) in [6.07, 6.45) is 2.35. The third kappa shape index (κ3) is 4.42. The molecule has 1 nitrogen and oxygen atoms in total. The summed E-state index contributed by atoms with van der Waals surface area (Å²) < 4.78 is 1.14. The summed E-state index contributed by atoms with van der Waals surface area (Å²) in [7, 11) is 0. The predicted molar refractivity (Wildman–Crippen MR) is 94.8 cm³/mol. The maximum Gasteiger partial charge on any atom is 0.0577 e. The van der Waals surface area contributed by atoms with Crippen LogP contribution in [-0.4, -0.2) is 6.54 Å². The summed E-state index contributed by atoms with van der Waals surface area (Å²) in [6.45, 7) is 7.47. The van der Waals surface area contributed by atoms with Gasteiger partial charge >= 0.3 is 0 Å². The van der Waals surface area contributed by atoms with Gasteiger partial charge in [-0.05, 0) is 54.3 Å². The van der Waals surface area contributed by atoms with Gasteiger partial charge in [-0.1, -0.05) is 66.5 Å². The number of rotatable bonds is 6. The van der Waals surface area contributed by atoms with Crippen molar-refractivity contribution in [2.45, 2.75) is 39.7 Å². The van der Waals surface area contributed by atoms with Crippen molar-refractivity contribution in [2.75, 3.05) is 6.54 Å². The molecule has 0 radical (unpaired) electrons. The van der Waals surface area contributed by atoms with E-state index < -0.39 is 0 Å². The Hall–Kier alpha value is -1.12. The first-order valence-electron chi connectivity index (χ1n) is 7.73. The first kappa shape index (κ1) is 16.3. The third-order valence-corrected chi connectivity index (χ3v) is 4.12. The molecule has 0 aliphatic heterocycles. The predicted octanol–water partition coefficient (Wildman–Crippen LogP) is 5.41. The molecule has 0 aromatic heterocycles. The second kappa shape index (κ2) is 7.77. The molecule has 1 unspecified atom stereocenters. The standard InChI is InChI=1S/C19H24BrN/c1-4-6-15-7-9-16(10-8-15)19(21-5-2)17-11-14(3)12-18(20)13-17/h7-13,19,21H,4-6H2,1-3H3. The van der Waals surface area contributed by atoms with Crippen molar-refractivity contribution >= 4 is 15.9 Å². The van der Waals surface area contributed by atoms with Crippen LogP contribution in [0.1, 0.15) is 48.6 Å². The Morgan fingerprint density at radius 3 is 2.29 bits per heavy atom. The maximum absolute atomic E-state index is 3.61. The highest BCUT2D eigenvalue weighted by atomic mass is 79.9. The average Bonchev–Trinajstić information content (AvgIpc) is 2.45. The Morgan fingerprint density at radius 2 is 1.71 bits per heavy atom. The van der Waals surface area contributed by atoms with E-state index in [1.165, 1.54) is 28.7 Å². The van der Waals surface area contributed by atoms with Crippen LogP contribution >= 0.6 is 15.9 Å². The van der Waals surface area contributed by atoms with Gasteiger partial charge in [0, 0.05) is 4.47 Å². The number of benzene rings is 2. The van der Waals surface area contributed by atoms with E-state index in [-0.39, 0.29) is 6.04 Å². The number of halogens is 1. The van der Waals surface area contributed by atoms with Gasteiger partial charge < -0.3 is 5.32 Å². The molecule has 2 aromatic rings. The van der Waals surface area contributed by atoms with Gasteiger partial charge in [-0.3, -0.25) is 0 Å². The Bertz CT molecular complexity index is 554. The fourth-order valence-corrected chi connectivity index (χ4v) is 3.35. The van der Waals surface area contributed by atoms with Crippen LogP contribution in [0.4, 0.5) is 0 Å². The van der Waals surface area contributed by atoms with E-state index in [0.717, 1.165) is 17.4 Å². The largest absolute Gasteiger partial charge is 0.307 e. The molecular formula is C19H24BrN. The summed E-state index contributed by atoms with van der Waals surface area (Å²) in [5.41, 5.74) is 5.34. The van der Waals surface area contributed by atoms with Crippen LogP contribution in [-0.2, 0) is 6.42 Å². The zero-order valence-electron chi connectivity index (χ0n) is 13.1. The zero-order chi connectivity index (χ0) is 15.2. The molecule has 112 valence electrons. The molecule has 0 amide bonds. The Morgan fingerprint density at radius 1 is 1.00 bits per heavy atom. The van der Waals surface area contributed by atoms with Crippen LogP contribution in [0.5, 0.6) is 0 Å². The molecule has 0 heterocycles. The lowest BCUT2D eigenvalue weighted by Crippen LogP contribution is -2.22. The van der Waals surface area contributed by atoms with E-state index in [1.807, 2.05) is 0 Å². The van der Waals surface area contributed by atoms with Gasteiger partial charge in [0.1, 0.15) is 0 Å². The number of aryl methyl sites for hydroxylation is 2. The molecule has 0 saturated carbocycles. The molecule has 2 heteroatoms. The number of nitrogens with one attached hydrogen (secondary N) is 1. The second-order valence-electron chi connectivity index (χ2n) is 5.54. The molecule has 0 bridgehead atoms. The lowest BCUT2D eigenvalue weighted by Gasteiger charge is -2.20. The Kier molecular flexibility index (Phi) is 6.01. The molecule has 0 aliphatic rings. The summed E-state index contributed by atoms with van der Waals surface area (Å²) in [5.74, 6) is 0. The van der Waals surface area contributed by atoms with E-state index in [0.29, 0.717) is 0 Å². The zero-order valence-corrected chi connectivity index (χ0v) is 14.7. The Balaban J connectivity index is 2.33. The molecule has 1 N–H and O–H groups in total. The smallest absolute Gasteiger partial charge is 0.0577 e. The lowest BCUT2D eigenvalue weighted by molar-refractivity contribution is 0.630. The van der Waals surface area contributed by atoms with Crippen LogP contribution in [0.25, 0.3) is 0 Å². The summed E-state index contributed by atoms with van der Waals surface area (Å²) in [5, 5.41) is 3.60. The van der Waals surface area contributed by atoms with Gasteiger partial charge in [-0.2, -0.15) is 0 Å². The van der Waals surface area contributed by atoms with E-state index in [4.69, 9.17) is 0 Å². The highest BCUT2D eigenvalue weighted by Gasteiger charge is 2.13. The minimum atomic E-state index is 0.252. The van der Waals surface area contributed by atoms with Crippen molar-refractivity contribution in [3.8, 4) is 0 Å². The minimum absolute atomic E-state index is 0.252. The first-order chi connectivity index (χ1) is 10.1. The minimum Gasteiger partial charge on any atom is -0.307 e. The van der Waals surface area contributed by atoms with E-state index in [2.05, 4.69) is 84.5 Å². The molecule has 21 heavy (non-hydrogen) atoms. The number of hydrogen-bond acceptors (Lipinski definition) is 1.